The summed E-state index contributed by atoms with van der Waals surface area (Å²) in [6, 6.07) is 16.2. The summed E-state index contributed by atoms with van der Waals surface area (Å²) in [5.41, 5.74) is 3.91. The van der Waals surface area contributed by atoms with Crippen molar-refractivity contribution in [1.29, 1.82) is 0 Å². The van der Waals surface area contributed by atoms with Crippen molar-refractivity contribution in [2.24, 2.45) is 11.8 Å². The number of hydrogen-bond donors (Lipinski definition) is 0. The molecule has 0 amide bonds. The van der Waals surface area contributed by atoms with E-state index in [0.29, 0.717) is 0 Å². The first-order valence-electron chi connectivity index (χ1n) is 13.3. The zero-order chi connectivity index (χ0) is 23.6. The number of rotatable bonds is 4. The van der Waals surface area contributed by atoms with E-state index in [4.69, 9.17) is 17.0 Å². The molecule has 35 heavy (non-hydrogen) atoms. The molecule has 0 nitrogen and oxygen atoms in total. The molecular weight excluding hydrogens is 579 g/mol. The number of fused-ring (bicyclic) bond motifs is 2. The molecule has 0 aromatic heterocycles. The maximum atomic E-state index is 4.93. The second kappa shape index (κ2) is 13.6. The molecule has 0 bridgehead atoms. The Morgan fingerprint density at radius 3 is 2.00 bits per heavy atom. The number of benzene rings is 2. The molecule has 3 aliphatic carbocycles. The molecule has 0 N–H and O–H groups in total. The van der Waals surface area contributed by atoms with Crippen LogP contribution in [0.1, 0.15) is 69.3 Å². The van der Waals surface area contributed by atoms with Gasteiger partial charge in [0.05, 0.1) is 0 Å². The first kappa shape index (κ1) is 31.8. The van der Waals surface area contributed by atoms with E-state index in [0.717, 1.165) is 28.8 Å². The second-order valence-corrected chi connectivity index (χ2v) is 32.0. The third kappa shape index (κ3) is 6.27. The molecule has 194 valence electrons. The summed E-state index contributed by atoms with van der Waals surface area (Å²) in [4.78, 5) is 0. The van der Waals surface area contributed by atoms with Gasteiger partial charge in [-0.2, -0.15) is 0 Å². The molecule has 2 aromatic rings. The van der Waals surface area contributed by atoms with Crippen molar-refractivity contribution in [2.75, 3.05) is 0 Å². The molecule has 0 heterocycles. The van der Waals surface area contributed by atoms with Gasteiger partial charge in [-0.25, -0.2) is 0 Å². The Labute approximate surface area is 237 Å². The third-order valence-electron chi connectivity index (χ3n) is 10.6. The average molecular weight is 627 g/mol. The van der Waals surface area contributed by atoms with Gasteiger partial charge in [0.2, 0.25) is 0 Å². The van der Waals surface area contributed by atoms with Crippen LogP contribution in [-0.2, 0) is 20.8 Å². The van der Waals surface area contributed by atoms with Crippen molar-refractivity contribution >= 4 is 43.0 Å². The normalized spacial score (nSPS) is 26.6. The van der Waals surface area contributed by atoms with Gasteiger partial charge in [-0.3, -0.25) is 0 Å². The van der Waals surface area contributed by atoms with Gasteiger partial charge in [0.15, 0.2) is 0 Å². The van der Waals surface area contributed by atoms with Crippen LogP contribution in [0.4, 0.5) is 0 Å². The predicted molar refractivity (Wildman–Crippen MR) is 162 cm³/mol. The molecule has 5 heteroatoms. The van der Waals surface area contributed by atoms with E-state index in [9.17, 15) is 0 Å². The summed E-state index contributed by atoms with van der Waals surface area (Å²) in [7, 11) is 7.51. The van der Waals surface area contributed by atoms with Crippen molar-refractivity contribution < 1.29 is 20.8 Å². The van der Waals surface area contributed by atoms with Crippen molar-refractivity contribution in [2.45, 2.75) is 101 Å². The van der Waals surface area contributed by atoms with Crippen molar-refractivity contribution in [1.82, 2.24) is 0 Å². The maximum absolute atomic E-state index is 4.93. The summed E-state index contributed by atoms with van der Waals surface area (Å²) in [5.74, 6) is 2.79. The van der Waals surface area contributed by atoms with Crippen LogP contribution < -0.4 is 0 Å². The van der Waals surface area contributed by atoms with Crippen LogP contribution in [0.2, 0.25) is 37.3 Å². The molecule has 0 aliphatic heterocycles. The van der Waals surface area contributed by atoms with Crippen LogP contribution in [0.5, 0.6) is 0 Å². The molecule has 2 aromatic carbocycles. The molecule has 4 atom stereocenters. The SMILES string of the molecule is C[Si](C)(C1CCCC1)[Si](C)(C)C1CCC2C(c3cccc4ccccc34)CCCC21.[CH3-].[CH3-].[Cl][Zr+2][Cl]. The van der Waals surface area contributed by atoms with Crippen LogP contribution >= 0.6 is 17.0 Å². The van der Waals surface area contributed by atoms with E-state index in [1.807, 2.05) is 0 Å². The van der Waals surface area contributed by atoms with E-state index < -0.39 is 36.0 Å². The number of hydrogen-bond acceptors (Lipinski definition) is 0. The zero-order valence-electron chi connectivity index (χ0n) is 23.0. The zero-order valence-corrected chi connectivity index (χ0v) is 29.0. The van der Waals surface area contributed by atoms with Gasteiger partial charge < -0.3 is 14.9 Å². The molecule has 5 rings (SSSR count). The minimum atomic E-state index is -1.22. The first-order valence-corrected chi connectivity index (χ1v) is 26.7. The third-order valence-corrected chi connectivity index (χ3v) is 31.4. The quantitative estimate of drug-likeness (QED) is 0.234. The fraction of sp³-hybridized carbons (Fsp3) is 0.600. The molecule has 0 spiro atoms. The van der Waals surface area contributed by atoms with Crippen LogP contribution in [0.25, 0.3) is 10.8 Å². The Bertz CT molecular complexity index is 920. The van der Waals surface area contributed by atoms with E-state index in [1.54, 1.807) is 24.8 Å². The summed E-state index contributed by atoms with van der Waals surface area (Å²) in [6.45, 7) is 11.4. The van der Waals surface area contributed by atoms with Gasteiger partial charge in [-0.05, 0) is 58.0 Å². The minimum absolute atomic E-state index is 0. The number of halogens is 2. The summed E-state index contributed by atoms with van der Waals surface area (Å²) >= 11 is -0.826. The monoisotopic (exact) mass is 624 g/mol. The topological polar surface area (TPSA) is 0 Å². The second-order valence-electron chi connectivity index (χ2n) is 12.1. The standard InChI is InChI=1S/C28H42Si2.2CH3.2ClH.Zr/c1-29(2,22-13-6-7-14-22)30(3,4)28-20-19-26-25(17-10-18-27(26)28)24-16-9-12-21-11-5-8-15-23(21)24;;;;;/h5,8-9,11-12,15-16,22,25-28H,6-7,10,13-14,17-20H2,1-4H3;2*1H3;2*1H;/q;2*-1;;;+4/p-2. The van der Waals surface area contributed by atoms with Crippen LogP contribution in [0.3, 0.4) is 0 Å². The Morgan fingerprint density at radius 2 is 1.31 bits per heavy atom. The molecular formula is C30H48Cl2Si2Zr. The fourth-order valence-corrected chi connectivity index (χ4v) is 22.5. The Balaban J connectivity index is 0.000000823. The van der Waals surface area contributed by atoms with E-state index >= 15 is 0 Å². The van der Waals surface area contributed by atoms with Gasteiger partial charge in [0.1, 0.15) is 0 Å². The molecule has 0 radical (unpaired) electrons. The molecule has 0 saturated heterocycles. The van der Waals surface area contributed by atoms with Gasteiger partial charge in [-0.15, -0.1) is 0 Å². The molecule has 3 aliphatic rings. The van der Waals surface area contributed by atoms with E-state index in [-0.39, 0.29) is 14.9 Å². The van der Waals surface area contributed by atoms with Crippen LogP contribution in [0.15, 0.2) is 42.5 Å². The summed E-state index contributed by atoms with van der Waals surface area (Å²) in [5, 5.41) is 2.97. The summed E-state index contributed by atoms with van der Waals surface area (Å²) < 4.78 is 0. The van der Waals surface area contributed by atoms with E-state index in [2.05, 4.69) is 68.7 Å². The molecule has 3 fully saturated rings. The summed E-state index contributed by atoms with van der Waals surface area (Å²) in [6.07, 6.45) is 13.6. The fourth-order valence-electron chi connectivity index (χ4n) is 8.31. The van der Waals surface area contributed by atoms with Gasteiger partial charge in [0.25, 0.3) is 0 Å². The Morgan fingerprint density at radius 1 is 0.686 bits per heavy atom. The van der Waals surface area contributed by atoms with Crippen LogP contribution in [-0.4, -0.2) is 15.2 Å². The molecule has 4 unspecified atom stereocenters. The van der Waals surface area contributed by atoms with Gasteiger partial charge >= 0.3 is 37.9 Å². The van der Waals surface area contributed by atoms with E-state index in [1.165, 1.54) is 49.3 Å². The van der Waals surface area contributed by atoms with Gasteiger partial charge in [-0.1, -0.05) is 114 Å². The van der Waals surface area contributed by atoms with Crippen LogP contribution in [0, 0.1) is 26.7 Å². The van der Waals surface area contributed by atoms with Crippen molar-refractivity contribution in [3.8, 4) is 0 Å². The predicted octanol–water partition coefficient (Wildman–Crippen LogP) is 11.2. The van der Waals surface area contributed by atoms with Crippen molar-refractivity contribution in [3.63, 3.8) is 0 Å². The van der Waals surface area contributed by atoms with Gasteiger partial charge in [0, 0.05) is 15.2 Å². The average Bonchev–Trinajstić information content (AvgIpc) is 3.50. The van der Waals surface area contributed by atoms with Crippen molar-refractivity contribution in [3.05, 3.63) is 62.9 Å². The Kier molecular flexibility index (Phi) is 12.4. The molecule has 3 saturated carbocycles. The first-order chi connectivity index (χ1) is 15.8. The Hall–Kier alpha value is 0.597.